The number of halogens is 3. The Morgan fingerprint density at radius 3 is 2.57 bits per heavy atom. The highest BCUT2D eigenvalue weighted by atomic mass is 19.2. The topological polar surface area (TPSA) is 9.23 Å². The first-order valence-corrected chi connectivity index (χ1v) is 4.12. The van der Waals surface area contributed by atoms with E-state index in [1.807, 2.05) is 0 Å². The molecule has 0 fully saturated rings. The molecule has 1 atom stereocenters. The first-order valence-electron chi connectivity index (χ1n) is 4.12. The Hall–Kier alpha value is -1.19. The van der Waals surface area contributed by atoms with Crippen molar-refractivity contribution in [2.75, 3.05) is 6.67 Å². The second-order valence-corrected chi connectivity index (χ2v) is 2.55. The summed E-state index contributed by atoms with van der Waals surface area (Å²) < 4.78 is 40.5. The van der Waals surface area contributed by atoms with Crippen LogP contribution < -0.4 is 0 Å². The van der Waals surface area contributed by atoms with E-state index in [1.54, 1.807) is 19.9 Å². The van der Waals surface area contributed by atoms with E-state index >= 15 is 0 Å². The van der Waals surface area contributed by atoms with Crippen molar-refractivity contribution in [3.63, 3.8) is 0 Å². The van der Waals surface area contributed by atoms with Crippen molar-refractivity contribution < 1.29 is 17.9 Å². The SMILES string of the molecule is C\C=C(C)/C=C(\C=C\F)OC(F)CF. The number of allylic oxidation sites excluding steroid dienone is 4. The highest BCUT2D eigenvalue weighted by molar-refractivity contribution is 5.24. The number of rotatable bonds is 5. The van der Waals surface area contributed by atoms with E-state index in [9.17, 15) is 13.2 Å². The molecule has 0 saturated heterocycles. The molecular weight excluding hydrogens is 193 g/mol. The van der Waals surface area contributed by atoms with Crippen LogP contribution in [0.4, 0.5) is 13.2 Å². The zero-order valence-electron chi connectivity index (χ0n) is 8.14. The summed E-state index contributed by atoms with van der Waals surface area (Å²) in [4.78, 5) is 0. The van der Waals surface area contributed by atoms with Gasteiger partial charge < -0.3 is 4.74 Å². The van der Waals surface area contributed by atoms with Gasteiger partial charge in [0.05, 0.1) is 6.33 Å². The first-order chi connectivity index (χ1) is 6.63. The fourth-order valence-electron chi connectivity index (χ4n) is 0.670. The van der Waals surface area contributed by atoms with Crippen molar-refractivity contribution >= 4 is 0 Å². The maximum absolute atomic E-state index is 12.4. The number of alkyl halides is 2. The third-order valence-electron chi connectivity index (χ3n) is 1.44. The van der Waals surface area contributed by atoms with Gasteiger partial charge in [0.1, 0.15) is 5.76 Å². The molecule has 0 N–H and O–H groups in total. The largest absolute Gasteiger partial charge is 0.457 e. The predicted octanol–water partition coefficient (Wildman–Crippen LogP) is 3.60. The average Bonchev–Trinajstić information content (AvgIpc) is 2.17. The molecule has 0 spiro atoms. The van der Waals surface area contributed by atoms with Crippen LogP contribution in [0.2, 0.25) is 0 Å². The summed E-state index contributed by atoms with van der Waals surface area (Å²) in [6.07, 6.45) is 2.23. The van der Waals surface area contributed by atoms with Crippen LogP contribution in [0.3, 0.4) is 0 Å². The van der Waals surface area contributed by atoms with Crippen molar-refractivity contribution in [1.29, 1.82) is 0 Å². The minimum atomic E-state index is -2.05. The van der Waals surface area contributed by atoms with E-state index in [-0.39, 0.29) is 12.1 Å². The van der Waals surface area contributed by atoms with Gasteiger partial charge in [-0.1, -0.05) is 11.6 Å². The number of hydrogen-bond donors (Lipinski definition) is 0. The van der Waals surface area contributed by atoms with Gasteiger partial charge >= 0.3 is 0 Å². The highest BCUT2D eigenvalue weighted by Crippen LogP contribution is 2.10. The maximum atomic E-state index is 12.4. The van der Waals surface area contributed by atoms with Crippen molar-refractivity contribution in [1.82, 2.24) is 0 Å². The third kappa shape index (κ3) is 5.45. The average molecular weight is 206 g/mol. The van der Waals surface area contributed by atoms with Crippen molar-refractivity contribution in [2.24, 2.45) is 0 Å². The zero-order valence-corrected chi connectivity index (χ0v) is 8.14. The van der Waals surface area contributed by atoms with E-state index in [4.69, 9.17) is 0 Å². The van der Waals surface area contributed by atoms with E-state index < -0.39 is 13.0 Å². The monoisotopic (exact) mass is 206 g/mol. The lowest BCUT2D eigenvalue weighted by molar-refractivity contribution is -0.00649. The molecule has 0 aromatic heterocycles. The van der Waals surface area contributed by atoms with Gasteiger partial charge in [-0.3, -0.25) is 0 Å². The Labute approximate surface area is 81.6 Å². The van der Waals surface area contributed by atoms with Crippen LogP contribution in [0, 0.1) is 0 Å². The van der Waals surface area contributed by atoms with Gasteiger partial charge in [0.15, 0.2) is 6.67 Å². The third-order valence-corrected chi connectivity index (χ3v) is 1.44. The van der Waals surface area contributed by atoms with E-state index in [0.717, 1.165) is 11.6 Å². The molecule has 1 nitrogen and oxygen atoms in total. The Bertz CT molecular complexity index is 244. The molecule has 0 radical (unpaired) electrons. The summed E-state index contributed by atoms with van der Waals surface area (Å²) in [7, 11) is 0. The Morgan fingerprint density at radius 2 is 2.14 bits per heavy atom. The summed E-state index contributed by atoms with van der Waals surface area (Å²) in [5.41, 5.74) is 0.768. The number of hydrogen-bond acceptors (Lipinski definition) is 1. The molecule has 80 valence electrons. The lowest BCUT2D eigenvalue weighted by Gasteiger charge is -2.08. The predicted molar refractivity (Wildman–Crippen MR) is 49.7 cm³/mol. The second-order valence-electron chi connectivity index (χ2n) is 2.55. The summed E-state index contributed by atoms with van der Waals surface area (Å²) in [6, 6.07) is 0. The Balaban J connectivity index is 4.51. The molecule has 0 saturated carbocycles. The lowest BCUT2D eigenvalue weighted by atomic mass is 10.2. The molecule has 0 heterocycles. The van der Waals surface area contributed by atoms with Crippen LogP contribution in [0.15, 0.2) is 35.9 Å². The summed E-state index contributed by atoms with van der Waals surface area (Å²) >= 11 is 0. The van der Waals surface area contributed by atoms with Gasteiger partial charge in [-0.15, -0.1) is 0 Å². The fraction of sp³-hybridized carbons (Fsp3) is 0.400. The summed E-state index contributed by atoms with van der Waals surface area (Å²) in [5, 5.41) is 0. The van der Waals surface area contributed by atoms with Gasteiger partial charge in [0.2, 0.25) is 0 Å². The minimum absolute atomic E-state index is 0.0479. The van der Waals surface area contributed by atoms with E-state index in [0.29, 0.717) is 0 Å². The molecule has 4 heteroatoms. The van der Waals surface area contributed by atoms with Gasteiger partial charge in [-0.2, -0.15) is 4.39 Å². The normalized spacial score (nSPS) is 16.1. The molecule has 0 bridgehead atoms. The van der Waals surface area contributed by atoms with Gasteiger partial charge in [-0.05, 0) is 19.9 Å². The van der Waals surface area contributed by atoms with Crippen LogP contribution in [0.1, 0.15) is 13.8 Å². The molecule has 0 aliphatic carbocycles. The van der Waals surface area contributed by atoms with Gasteiger partial charge in [0, 0.05) is 6.08 Å². The molecule has 0 aliphatic rings. The smallest absolute Gasteiger partial charge is 0.266 e. The standard InChI is InChI=1S/C10H13F3O/c1-3-8(2)6-9(4-5-11)14-10(13)7-12/h3-6,10H,7H2,1-2H3/b5-4+,8-3-,9-6+. The lowest BCUT2D eigenvalue weighted by Crippen LogP contribution is -2.07. The molecule has 0 aromatic rings. The molecule has 0 rings (SSSR count). The van der Waals surface area contributed by atoms with Crippen LogP contribution in [0.5, 0.6) is 0 Å². The quantitative estimate of drug-likeness (QED) is 0.493. The fourth-order valence-corrected chi connectivity index (χ4v) is 0.670. The van der Waals surface area contributed by atoms with E-state index in [1.165, 1.54) is 6.08 Å². The number of ether oxygens (including phenoxy) is 1. The molecule has 1 unspecified atom stereocenters. The molecule has 0 aromatic carbocycles. The maximum Gasteiger partial charge on any atom is 0.266 e. The zero-order chi connectivity index (χ0) is 11.0. The Kier molecular flexibility index (Phi) is 6.62. The van der Waals surface area contributed by atoms with Crippen LogP contribution >= 0.6 is 0 Å². The van der Waals surface area contributed by atoms with Gasteiger partial charge in [-0.25, -0.2) is 8.78 Å². The molecule has 14 heavy (non-hydrogen) atoms. The highest BCUT2D eigenvalue weighted by Gasteiger charge is 2.07. The van der Waals surface area contributed by atoms with Crippen molar-refractivity contribution in [2.45, 2.75) is 20.2 Å². The van der Waals surface area contributed by atoms with Crippen molar-refractivity contribution in [3.05, 3.63) is 35.9 Å². The van der Waals surface area contributed by atoms with Crippen LogP contribution in [-0.2, 0) is 4.74 Å². The molecule has 0 amide bonds. The van der Waals surface area contributed by atoms with Crippen LogP contribution in [-0.4, -0.2) is 13.0 Å². The first kappa shape index (κ1) is 12.8. The van der Waals surface area contributed by atoms with Crippen LogP contribution in [0.25, 0.3) is 0 Å². The minimum Gasteiger partial charge on any atom is -0.457 e. The molecule has 0 aliphatic heterocycles. The summed E-state index contributed by atoms with van der Waals surface area (Å²) in [6.45, 7) is 2.25. The van der Waals surface area contributed by atoms with E-state index in [2.05, 4.69) is 4.74 Å². The van der Waals surface area contributed by atoms with Gasteiger partial charge in [0.25, 0.3) is 6.36 Å². The Morgan fingerprint density at radius 1 is 1.50 bits per heavy atom. The van der Waals surface area contributed by atoms with Crippen molar-refractivity contribution in [3.8, 4) is 0 Å². The molecular formula is C10H13F3O. The second kappa shape index (κ2) is 7.24. The summed E-state index contributed by atoms with van der Waals surface area (Å²) in [5.74, 6) is -0.0479.